The second-order valence-electron chi connectivity index (χ2n) is 7.23. The molecular weight excluding hydrogens is 331 g/mol. The topological polar surface area (TPSA) is 41.6 Å². The number of rotatable bonds is 5. The zero-order chi connectivity index (χ0) is 17.3. The summed E-state index contributed by atoms with van der Waals surface area (Å²) in [5.41, 5.74) is 0.472. The molecule has 1 heterocycles. The first-order valence-corrected chi connectivity index (χ1v) is 8.82. The van der Waals surface area contributed by atoms with Crippen molar-refractivity contribution in [1.29, 1.82) is 0 Å². The predicted molar refractivity (Wildman–Crippen MR) is 91.7 cm³/mol. The molecule has 0 unspecified atom stereocenters. The van der Waals surface area contributed by atoms with Crippen LogP contribution in [0.2, 0.25) is 5.02 Å². The third kappa shape index (κ3) is 3.73. The van der Waals surface area contributed by atoms with E-state index in [1.165, 1.54) is 6.07 Å². The van der Waals surface area contributed by atoms with Gasteiger partial charge in [0.25, 0.3) is 0 Å². The van der Waals surface area contributed by atoms with Gasteiger partial charge in [0.2, 0.25) is 5.91 Å². The number of halogens is 2. The lowest BCUT2D eigenvalue weighted by Gasteiger charge is -2.42. The number of hydrogen-bond donors (Lipinski definition) is 1. The normalized spacial score (nSPS) is 26.2. The molecule has 4 nitrogen and oxygen atoms in total. The first-order chi connectivity index (χ1) is 11.4. The monoisotopic (exact) mass is 354 g/mol. The average molecular weight is 355 g/mol. The van der Waals surface area contributed by atoms with Crippen LogP contribution >= 0.6 is 11.6 Å². The molecule has 1 amide bonds. The van der Waals surface area contributed by atoms with Crippen LogP contribution in [0.15, 0.2) is 18.2 Å². The van der Waals surface area contributed by atoms with E-state index >= 15 is 0 Å². The van der Waals surface area contributed by atoms with Gasteiger partial charge in [0.1, 0.15) is 5.82 Å². The molecule has 6 heteroatoms. The third-order valence-corrected chi connectivity index (χ3v) is 5.33. The first kappa shape index (κ1) is 17.6. The number of morpholine rings is 1. The predicted octanol–water partition coefficient (Wildman–Crippen LogP) is 2.81. The number of nitrogens with one attached hydrogen (secondary N) is 1. The smallest absolute Gasteiger partial charge is 0.223 e. The van der Waals surface area contributed by atoms with Gasteiger partial charge in [-0.2, -0.15) is 0 Å². The summed E-state index contributed by atoms with van der Waals surface area (Å²) in [6, 6.07) is 4.66. The SMILES string of the molecule is CC1(C)COCCN1CCNC(=O)[C@@H]1C[C@H]1c1c(F)cccc1Cl. The minimum Gasteiger partial charge on any atom is -0.378 e. The minimum atomic E-state index is -0.321. The summed E-state index contributed by atoms with van der Waals surface area (Å²) in [5, 5.41) is 3.39. The molecule has 0 bridgehead atoms. The molecule has 0 aromatic heterocycles. The number of carbonyl (C=O) groups excluding carboxylic acids is 1. The van der Waals surface area contributed by atoms with Gasteiger partial charge < -0.3 is 10.1 Å². The summed E-state index contributed by atoms with van der Waals surface area (Å²) >= 11 is 6.08. The van der Waals surface area contributed by atoms with Crippen LogP contribution in [-0.4, -0.2) is 49.2 Å². The van der Waals surface area contributed by atoms with Crippen LogP contribution in [0.5, 0.6) is 0 Å². The van der Waals surface area contributed by atoms with Gasteiger partial charge >= 0.3 is 0 Å². The summed E-state index contributed by atoms with van der Waals surface area (Å²) in [5.74, 6) is -0.598. The maximum Gasteiger partial charge on any atom is 0.223 e. The molecule has 2 aliphatic rings. The highest BCUT2D eigenvalue weighted by atomic mass is 35.5. The highest BCUT2D eigenvalue weighted by molar-refractivity contribution is 6.31. The molecule has 1 aliphatic heterocycles. The Labute approximate surface area is 147 Å². The quantitative estimate of drug-likeness (QED) is 0.884. The number of carbonyl (C=O) groups is 1. The first-order valence-electron chi connectivity index (χ1n) is 8.44. The molecule has 1 N–H and O–H groups in total. The Hall–Kier alpha value is -1.17. The largest absolute Gasteiger partial charge is 0.378 e. The van der Waals surface area contributed by atoms with Gasteiger partial charge in [-0.05, 0) is 32.4 Å². The van der Waals surface area contributed by atoms with Gasteiger partial charge in [-0.3, -0.25) is 9.69 Å². The van der Waals surface area contributed by atoms with E-state index in [9.17, 15) is 9.18 Å². The zero-order valence-electron chi connectivity index (χ0n) is 14.1. The Kier molecular flexibility index (Phi) is 5.13. The van der Waals surface area contributed by atoms with Crippen LogP contribution < -0.4 is 5.32 Å². The summed E-state index contributed by atoms with van der Waals surface area (Å²) in [6.45, 7) is 7.98. The summed E-state index contributed by atoms with van der Waals surface area (Å²) in [4.78, 5) is 14.6. The van der Waals surface area contributed by atoms with Crippen molar-refractivity contribution in [2.45, 2.75) is 31.7 Å². The van der Waals surface area contributed by atoms with Gasteiger partial charge in [0.05, 0.1) is 13.2 Å². The molecule has 0 radical (unpaired) electrons. The third-order valence-electron chi connectivity index (χ3n) is 5.00. The molecule has 2 fully saturated rings. The van der Waals surface area contributed by atoms with Crippen LogP contribution in [0.3, 0.4) is 0 Å². The van der Waals surface area contributed by atoms with Crippen LogP contribution in [0.4, 0.5) is 4.39 Å². The van der Waals surface area contributed by atoms with Crippen LogP contribution in [0.1, 0.15) is 31.7 Å². The Bertz CT molecular complexity index is 603. The maximum absolute atomic E-state index is 13.9. The fourth-order valence-electron chi connectivity index (χ4n) is 3.42. The Morgan fingerprint density at radius 2 is 2.29 bits per heavy atom. The molecule has 1 aromatic rings. The Balaban J connectivity index is 1.49. The van der Waals surface area contributed by atoms with Crippen molar-refractivity contribution in [2.24, 2.45) is 5.92 Å². The molecule has 132 valence electrons. The molecule has 2 atom stereocenters. The van der Waals surface area contributed by atoms with Crippen molar-refractivity contribution >= 4 is 17.5 Å². The van der Waals surface area contributed by atoms with Crippen molar-refractivity contribution in [3.63, 3.8) is 0 Å². The maximum atomic E-state index is 13.9. The molecule has 1 saturated heterocycles. The molecule has 1 aromatic carbocycles. The lowest BCUT2D eigenvalue weighted by atomic mass is 10.0. The fourth-order valence-corrected chi connectivity index (χ4v) is 3.72. The second kappa shape index (κ2) is 6.98. The lowest BCUT2D eigenvalue weighted by Crippen LogP contribution is -2.54. The number of hydrogen-bond acceptors (Lipinski definition) is 3. The van der Waals surface area contributed by atoms with Crippen LogP contribution in [0.25, 0.3) is 0 Å². The molecule has 1 saturated carbocycles. The van der Waals surface area contributed by atoms with E-state index in [1.54, 1.807) is 12.1 Å². The van der Waals surface area contributed by atoms with E-state index in [-0.39, 0.29) is 29.1 Å². The van der Waals surface area contributed by atoms with Gasteiger partial charge in [0, 0.05) is 47.6 Å². The number of ether oxygens (including phenoxy) is 1. The standard InChI is InChI=1S/C18H24ClFN2O2/c1-18(2)11-24-9-8-22(18)7-6-21-17(23)13-10-12(13)16-14(19)4-3-5-15(16)20/h3-5,12-13H,6-11H2,1-2H3,(H,21,23)/t12-,13-/m1/s1. The van der Waals surface area contributed by atoms with Crippen LogP contribution in [0, 0.1) is 11.7 Å². The summed E-state index contributed by atoms with van der Waals surface area (Å²) < 4.78 is 19.4. The number of nitrogens with zero attached hydrogens (tertiary/aromatic N) is 1. The summed E-state index contributed by atoms with van der Waals surface area (Å²) in [6.07, 6.45) is 0.662. The van der Waals surface area contributed by atoms with Gasteiger partial charge in [0.15, 0.2) is 0 Å². The van der Waals surface area contributed by atoms with Crippen molar-refractivity contribution < 1.29 is 13.9 Å². The van der Waals surface area contributed by atoms with E-state index in [1.807, 2.05) is 0 Å². The average Bonchev–Trinajstić information content (AvgIpc) is 3.29. The minimum absolute atomic E-state index is 0.00815. The van der Waals surface area contributed by atoms with Crippen molar-refractivity contribution in [3.8, 4) is 0 Å². The number of amides is 1. The zero-order valence-corrected chi connectivity index (χ0v) is 14.9. The molecule has 0 spiro atoms. The molecule has 3 rings (SSSR count). The van der Waals surface area contributed by atoms with E-state index < -0.39 is 0 Å². The highest BCUT2D eigenvalue weighted by Gasteiger charge is 2.46. The van der Waals surface area contributed by atoms with Crippen LogP contribution in [-0.2, 0) is 9.53 Å². The van der Waals surface area contributed by atoms with E-state index in [0.717, 1.165) is 19.7 Å². The van der Waals surface area contributed by atoms with Gasteiger partial charge in [-0.25, -0.2) is 4.39 Å². The van der Waals surface area contributed by atoms with E-state index in [2.05, 4.69) is 24.1 Å². The van der Waals surface area contributed by atoms with Crippen molar-refractivity contribution in [3.05, 3.63) is 34.6 Å². The van der Waals surface area contributed by atoms with E-state index in [0.29, 0.717) is 30.2 Å². The fraction of sp³-hybridized carbons (Fsp3) is 0.611. The Morgan fingerprint density at radius 1 is 1.50 bits per heavy atom. The molecule has 24 heavy (non-hydrogen) atoms. The molecular formula is C18H24ClFN2O2. The van der Waals surface area contributed by atoms with Gasteiger partial charge in [-0.15, -0.1) is 0 Å². The molecule has 1 aliphatic carbocycles. The van der Waals surface area contributed by atoms with Gasteiger partial charge in [-0.1, -0.05) is 17.7 Å². The Morgan fingerprint density at radius 3 is 3.00 bits per heavy atom. The highest BCUT2D eigenvalue weighted by Crippen LogP contribution is 2.50. The summed E-state index contributed by atoms with van der Waals surface area (Å²) in [7, 11) is 0. The van der Waals surface area contributed by atoms with Crippen molar-refractivity contribution in [2.75, 3.05) is 32.8 Å². The second-order valence-corrected chi connectivity index (χ2v) is 7.63. The van der Waals surface area contributed by atoms with E-state index in [4.69, 9.17) is 16.3 Å². The number of benzene rings is 1. The van der Waals surface area contributed by atoms with Crippen molar-refractivity contribution in [1.82, 2.24) is 10.2 Å². The lowest BCUT2D eigenvalue weighted by molar-refractivity contribution is -0.122.